The Balaban J connectivity index is 4.76. The van der Waals surface area contributed by atoms with Gasteiger partial charge in [-0.05, 0) is 45.8 Å². The van der Waals surface area contributed by atoms with E-state index in [1.165, 1.54) is 0 Å². The fourth-order valence-electron chi connectivity index (χ4n) is 1.44. The lowest BCUT2D eigenvalue weighted by Gasteiger charge is -2.39. The van der Waals surface area contributed by atoms with Crippen LogP contribution >= 0.6 is 0 Å². The standard InChI is InChI=1S/C16H31NO3Si/c1-11-13(17-14(18)19-15(3,4)5)12(2)20-21(9,10)16(6,7)8/h1,12-13H,2-10H3,(H,17,18). The van der Waals surface area contributed by atoms with E-state index in [4.69, 9.17) is 15.6 Å². The molecule has 0 bridgehead atoms. The van der Waals surface area contributed by atoms with Crippen molar-refractivity contribution in [2.75, 3.05) is 0 Å². The minimum atomic E-state index is -1.93. The molecule has 2 unspecified atom stereocenters. The molecule has 0 aliphatic heterocycles. The van der Waals surface area contributed by atoms with E-state index in [-0.39, 0.29) is 11.1 Å². The lowest BCUT2D eigenvalue weighted by atomic mass is 10.2. The summed E-state index contributed by atoms with van der Waals surface area (Å²) in [5.41, 5.74) is -0.549. The molecule has 0 spiro atoms. The monoisotopic (exact) mass is 313 g/mol. The van der Waals surface area contributed by atoms with E-state index in [0.29, 0.717) is 0 Å². The van der Waals surface area contributed by atoms with Gasteiger partial charge in [0, 0.05) is 0 Å². The average molecular weight is 314 g/mol. The summed E-state index contributed by atoms with van der Waals surface area (Å²) >= 11 is 0. The molecule has 0 aromatic carbocycles. The van der Waals surface area contributed by atoms with Crippen molar-refractivity contribution in [1.82, 2.24) is 5.32 Å². The van der Waals surface area contributed by atoms with Gasteiger partial charge >= 0.3 is 6.09 Å². The predicted molar refractivity (Wildman–Crippen MR) is 89.7 cm³/mol. The maximum Gasteiger partial charge on any atom is 0.408 e. The van der Waals surface area contributed by atoms with E-state index in [1.54, 1.807) is 0 Å². The van der Waals surface area contributed by atoms with E-state index < -0.39 is 26.1 Å². The highest BCUT2D eigenvalue weighted by Gasteiger charge is 2.39. The van der Waals surface area contributed by atoms with Crippen LogP contribution in [0.2, 0.25) is 18.1 Å². The first-order valence-corrected chi connectivity index (χ1v) is 10.2. The van der Waals surface area contributed by atoms with Crippen LogP contribution in [-0.4, -0.2) is 32.2 Å². The SMILES string of the molecule is C#CC(NC(=O)OC(C)(C)C)C(C)O[Si](C)(C)C(C)(C)C. The number of carbonyl (C=O) groups is 1. The Morgan fingerprint density at radius 1 is 1.19 bits per heavy atom. The highest BCUT2D eigenvalue weighted by atomic mass is 28.4. The summed E-state index contributed by atoms with van der Waals surface area (Å²) in [5.74, 6) is 2.58. The second kappa shape index (κ2) is 6.84. The van der Waals surface area contributed by atoms with Crippen LogP contribution in [0.4, 0.5) is 4.79 Å². The fraction of sp³-hybridized carbons (Fsp3) is 0.812. The van der Waals surface area contributed by atoms with Gasteiger partial charge in [0.2, 0.25) is 0 Å². The zero-order valence-corrected chi connectivity index (χ0v) is 16.0. The fourth-order valence-corrected chi connectivity index (χ4v) is 2.86. The first-order valence-electron chi connectivity index (χ1n) is 7.33. The van der Waals surface area contributed by atoms with Crippen LogP contribution in [0.1, 0.15) is 48.5 Å². The van der Waals surface area contributed by atoms with E-state index in [9.17, 15) is 4.79 Å². The highest BCUT2D eigenvalue weighted by Crippen LogP contribution is 2.37. The van der Waals surface area contributed by atoms with Crippen LogP contribution in [0, 0.1) is 12.3 Å². The maximum absolute atomic E-state index is 11.8. The third-order valence-corrected chi connectivity index (χ3v) is 8.18. The topological polar surface area (TPSA) is 47.6 Å². The van der Waals surface area contributed by atoms with Crippen molar-refractivity contribution in [3.05, 3.63) is 0 Å². The van der Waals surface area contributed by atoms with Crippen molar-refractivity contribution in [1.29, 1.82) is 0 Å². The normalized spacial score (nSPS) is 15.8. The van der Waals surface area contributed by atoms with Crippen LogP contribution in [0.15, 0.2) is 0 Å². The van der Waals surface area contributed by atoms with Crippen molar-refractivity contribution < 1.29 is 14.0 Å². The van der Waals surface area contributed by atoms with Gasteiger partial charge in [-0.25, -0.2) is 4.79 Å². The van der Waals surface area contributed by atoms with Crippen LogP contribution in [0.3, 0.4) is 0 Å². The molecule has 0 rings (SSSR count). The number of hydrogen-bond acceptors (Lipinski definition) is 3. The van der Waals surface area contributed by atoms with Gasteiger partial charge in [0.25, 0.3) is 0 Å². The largest absolute Gasteiger partial charge is 0.444 e. The summed E-state index contributed by atoms with van der Waals surface area (Å²) in [6.45, 7) is 18.1. The van der Waals surface area contributed by atoms with Gasteiger partial charge in [-0.2, -0.15) is 0 Å². The van der Waals surface area contributed by atoms with Crippen molar-refractivity contribution >= 4 is 14.4 Å². The molecule has 0 saturated carbocycles. The van der Waals surface area contributed by atoms with Crippen LogP contribution in [0.25, 0.3) is 0 Å². The first-order chi connectivity index (χ1) is 9.19. The highest BCUT2D eigenvalue weighted by molar-refractivity contribution is 6.74. The minimum absolute atomic E-state index is 0.0896. The lowest BCUT2D eigenvalue weighted by molar-refractivity contribution is 0.0475. The van der Waals surface area contributed by atoms with Crippen molar-refractivity contribution in [2.45, 2.75) is 84.3 Å². The number of hydrogen-bond donors (Lipinski definition) is 1. The summed E-state index contributed by atoms with van der Waals surface area (Å²) < 4.78 is 11.4. The van der Waals surface area contributed by atoms with Gasteiger partial charge < -0.3 is 14.5 Å². The van der Waals surface area contributed by atoms with E-state index >= 15 is 0 Å². The Kier molecular flexibility index (Phi) is 6.52. The zero-order valence-electron chi connectivity index (χ0n) is 15.0. The van der Waals surface area contributed by atoms with E-state index in [2.05, 4.69) is 45.1 Å². The first kappa shape index (κ1) is 20.0. The Bertz CT molecular complexity index is 399. The zero-order chi connectivity index (χ0) is 17.1. The summed E-state index contributed by atoms with van der Waals surface area (Å²) in [6.07, 6.45) is 4.75. The molecule has 0 aromatic heterocycles. The number of carbonyl (C=O) groups excluding carboxylic acids is 1. The minimum Gasteiger partial charge on any atom is -0.444 e. The van der Waals surface area contributed by atoms with E-state index in [0.717, 1.165) is 0 Å². The molecule has 0 aliphatic carbocycles. The molecular weight excluding hydrogens is 282 g/mol. The van der Waals surface area contributed by atoms with Gasteiger partial charge in [-0.1, -0.05) is 26.7 Å². The van der Waals surface area contributed by atoms with Gasteiger partial charge in [-0.15, -0.1) is 6.42 Å². The average Bonchev–Trinajstić information content (AvgIpc) is 2.20. The van der Waals surface area contributed by atoms with Gasteiger partial charge in [0.15, 0.2) is 8.32 Å². The van der Waals surface area contributed by atoms with Crippen molar-refractivity contribution in [2.24, 2.45) is 0 Å². The van der Waals surface area contributed by atoms with E-state index in [1.807, 2.05) is 27.7 Å². The number of alkyl carbamates (subject to hydrolysis) is 1. The third kappa shape index (κ3) is 7.01. The van der Waals surface area contributed by atoms with Crippen molar-refractivity contribution in [3.63, 3.8) is 0 Å². The van der Waals surface area contributed by atoms with Gasteiger partial charge in [0.1, 0.15) is 11.6 Å². The van der Waals surface area contributed by atoms with Crippen LogP contribution in [0.5, 0.6) is 0 Å². The second-order valence-electron chi connectivity index (χ2n) is 7.87. The summed E-state index contributed by atoms with van der Waals surface area (Å²) in [5, 5.41) is 2.79. The molecule has 1 N–H and O–H groups in total. The molecule has 0 radical (unpaired) electrons. The molecule has 4 nitrogen and oxygen atoms in total. The molecule has 21 heavy (non-hydrogen) atoms. The molecular formula is C16H31NO3Si. The molecule has 122 valence electrons. The molecule has 0 aliphatic rings. The van der Waals surface area contributed by atoms with Crippen LogP contribution in [-0.2, 0) is 9.16 Å². The molecule has 0 saturated heterocycles. The second-order valence-corrected chi connectivity index (χ2v) is 12.6. The molecule has 5 heteroatoms. The Hall–Kier alpha value is -0.993. The summed E-state index contributed by atoms with van der Waals surface area (Å²) in [6, 6.07) is -0.506. The number of nitrogens with one attached hydrogen (secondary N) is 1. The van der Waals surface area contributed by atoms with Crippen molar-refractivity contribution in [3.8, 4) is 12.3 Å². The molecule has 0 fully saturated rings. The molecule has 0 aromatic rings. The van der Waals surface area contributed by atoms with Gasteiger partial charge in [0.05, 0.1) is 6.10 Å². The maximum atomic E-state index is 11.8. The summed E-state index contributed by atoms with van der Waals surface area (Å²) in [4.78, 5) is 11.8. The lowest BCUT2D eigenvalue weighted by Crippen LogP contribution is -2.50. The molecule has 2 atom stereocenters. The smallest absolute Gasteiger partial charge is 0.408 e. The number of amides is 1. The number of rotatable bonds is 4. The van der Waals surface area contributed by atoms with Gasteiger partial charge in [-0.3, -0.25) is 0 Å². The molecule has 1 amide bonds. The Morgan fingerprint density at radius 2 is 1.67 bits per heavy atom. The number of ether oxygens (including phenoxy) is 1. The summed E-state index contributed by atoms with van der Waals surface area (Å²) in [7, 11) is -1.93. The number of terminal acetylenes is 1. The third-order valence-electron chi connectivity index (χ3n) is 3.61. The Morgan fingerprint density at radius 3 is 2.00 bits per heavy atom. The van der Waals surface area contributed by atoms with Crippen LogP contribution < -0.4 is 5.32 Å². The Labute approximate surface area is 131 Å². The molecule has 0 heterocycles. The predicted octanol–water partition coefficient (Wildman–Crippen LogP) is 3.92. The quantitative estimate of drug-likeness (QED) is 0.632.